The highest BCUT2D eigenvalue weighted by atomic mass is 16.5. The van der Waals surface area contributed by atoms with Crippen LogP contribution in [0.2, 0.25) is 0 Å². The number of benzene rings is 2. The van der Waals surface area contributed by atoms with Crippen LogP contribution in [0.15, 0.2) is 60.9 Å². The number of nitrogens with zero attached hydrogens (tertiary/aromatic N) is 3. The molecule has 2 atom stereocenters. The fourth-order valence-corrected chi connectivity index (χ4v) is 6.44. The van der Waals surface area contributed by atoms with E-state index in [0.29, 0.717) is 0 Å². The zero-order chi connectivity index (χ0) is 41.5. The van der Waals surface area contributed by atoms with Gasteiger partial charge in [-0.2, -0.15) is 0 Å². The number of carboxylic acid groups (broad SMARTS) is 3. The van der Waals surface area contributed by atoms with Crippen LogP contribution in [0.25, 0.3) is 21.8 Å². The van der Waals surface area contributed by atoms with E-state index in [2.05, 4.69) is 20.6 Å². The van der Waals surface area contributed by atoms with Gasteiger partial charge in [-0.25, -0.2) is 9.59 Å². The van der Waals surface area contributed by atoms with Crippen molar-refractivity contribution < 1.29 is 58.4 Å². The van der Waals surface area contributed by atoms with Crippen LogP contribution in [0, 0.1) is 0 Å². The highest BCUT2D eigenvalue weighted by Crippen LogP contribution is 2.20. The van der Waals surface area contributed by atoms with Crippen molar-refractivity contribution in [1.29, 1.82) is 0 Å². The van der Waals surface area contributed by atoms with Crippen LogP contribution in [0.4, 0.5) is 0 Å². The smallest absolute Gasteiger partial charge is 0.328 e. The van der Waals surface area contributed by atoms with E-state index in [1.165, 1.54) is 28.9 Å². The van der Waals surface area contributed by atoms with Crippen LogP contribution in [0.3, 0.4) is 0 Å². The molecule has 0 saturated heterocycles. The minimum absolute atomic E-state index is 0.0647. The number of para-hydroxylation sites is 2. The van der Waals surface area contributed by atoms with Crippen LogP contribution in [-0.2, 0) is 55.9 Å². The Morgan fingerprint density at radius 1 is 0.561 bits per heavy atom. The van der Waals surface area contributed by atoms with Crippen molar-refractivity contribution >= 4 is 63.5 Å². The van der Waals surface area contributed by atoms with E-state index in [0.717, 1.165) is 32.9 Å². The van der Waals surface area contributed by atoms with Crippen molar-refractivity contribution in [3.05, 3.63) is 72.1 Å². The molecule has 7 N–H and O–H groups in total. The van der Waals surface area contributed by atoms with E-state index in [9.17, 15) is 48.9 Å². The number of hydrogen-bond donors (Lipinski definition) is 7. The van der Waals surface area contributed by atoms with Crippen LogP contribution in [0.5, 0.6) is 0 Å². The zero-order valence-corrected chi connectivity index (χ0v) is 31.6. The van der Waals surface area contributed by atoms with Gasteiger partial charge in [-0.1, -0.05) is 36.4 Å². The molecule has 2 heterocycles. The summed E-state index contributed by atoms with van der Waals surface area (Å²) in [7, 11) is 2.36. The van der Waals surface area contributed by atoms with Crippen molar-refractivity contribution in [2.75, 3.05) is 73.1 Å². The third-order valence-corrected chi connectivity index (χ3v) is 9.12. The quantitative estimate of drug-likeness (QED) is 0.0457. The van der Waals surface area contributed by atoms with E-state index in [1.807, 2.05) is 48.5 Å². The molecular weight excluding hydrogens is 746 g/mol. The number of amides is 2. The molecule has 4 rings (SSSR count). The maximum Gasteiger partial charge on any atom is 0.328 e. The van der Waals surface area contributed by atoms with Crippen LogP contribution >= 0.6 is 0 Å². The van der Waals surface area contributed by atoms with Gasteiger partial charge in [-0.15, -0.1) is 0 Å². The van der Waals surface area contributed by atoms with Gasteiger partial charge in [-0.05, 0) is 23.3 Å². The van der Waals surface area contributed by atoms with Crippen LogP contribution in [0.1, 0.15) is 11.1 Å². The first-order valence-electron chi connectivity index (χ1n) is 17.9. The van der Waals surface area contributed by atoms with E-state index in [1.54, 1.807) is 12.4 Å². The molecule has 2 aromatic carbocycles. The molecule has 0 saturated carbocycles. The lowest BCUT2D eigenvalue weighted by molar-refractivity contribution is -0.145. The van der Waals surface area contributed by atoms with Crippen LogP contribution < -0.4 is 10.6 Å². The first-order chi connectivity index (χ1) is 27.3. The van der Waals surface area contributed by atoms with Crippen molar-refractivity contribution in [1.82, 2.24) is 35.3 Å². The predicted octanol–water partition coefficient (Wildman–Crippen LogP) is -0.0902. The monoisotopic (exact) mass is 793 g/mol. The van der Waals surface area contributed by atoms with Gasteiger partial charge in [0.05, 0.1) is 46.9 Å². The molecule has 0 bridgehead atoms. The molecule has 19 heteroatoms. The number of hydrogen-bond acceptors (Lipinski definition) is 12. The fraction of sp³-hybridized carbons (Fsp3) is 0.395. The fourth-order valence-electron chi connectivity index (χ4n) is 6.44. The molecule has 4 aromatic rings. The molecule has 57 heavy (non-hydrogen) atoms. The Kier molecular flexibility index (Phi) is 16.1. The van der Waals surface area contributed by atoms with Gasteiger partial charge in [0.2, 0.25) is 11.8 Å². The number of ether oxygens (including phenoxy) is 2. The van der Waals surface area contributed by atoms with Gasteiger partial charge in [0.15, 0.2) is 0 Å². The van der Waals surface area contributed by atoms with E-state index >= 15 is 0 Å². The Labute approximate surface area is 326 Å². The van der Waals surface area contributed by atoms with Gasteiger partial charge in [0.1, 0.15) is 12.1 Å². The summed E-state index contributed by atoms with van der Waals surface area (Å²) in [6.07, 6.45) is 3.62. The number of carbonyl (C=O) groups is 7. The van der Waals surface area contributed by atoms with Gasteiger partial charge in [-0.3, -0.25) is 38.7 Å². The summed E-state index contributed by atoms with van der Waals surface area (Å²) >= 11 is 0. The predicted molar refractivity (Wildman–Crippen MR) is 204 cm³/mol. The summed E-state index contributed by atoms with van der Waals surface area (Å²) in [5.74, 6) is -6.51. The Balaban J connectivity index is 1.37. The van der Waals surface area contributed by atoms with E-state index in [4.69, 9.17) is 9.47 Å². The number of H-pyrrole nitrogens is 2. The number of aliphatic carboxylic acids is 3. The number of methoxy groups -OCH3 is 2. The summed E-state index contributed by atoms with van der Waals surface area (Å²) < 4.78 is 9.80. The highest BCUT2D eigenvalue weighted by Gasteiger charge is 2.27. The summed E-state index contributed by atoms with van der Waals surface area (Å²) in [4.78, 5) is 97.1. The summed E-state index contributed by atoms with van der Waals surface area (Å²) in [6, 6.07) is 12.6. The number of fused-ring (bicyclic) bond motifs is 2. The first-order valence-corrected chi connectivity index (χ1v) is 17.9. The summed E-state index contributed by atoms with van der Waals surface area (Å²) in [5, 5.41) is 35.7. The molecule has 2 aromatic heterocycles. The van der Waals surface area contributed by atoms with E-state index in [-0.39, 0.29) is 39.0 Å². The second kappa shape index (κ2) is 21.1. The number of aromatic nitrogens is 2. The lowest BCUT2D eigenvalue weighted by atomic mass is 10.0. The molecule has 2 unspecified atom stereocenters. The number of nitrogens with one attached hydrogen (secondary N) is 4. The summed E-state index contributed by atoms with van der Waals surface area (Å²) in [5.41, 5.74) is 3.16. The average Bonchev–Trinajstić information content (AvgIpc) is 3.77. The Morgan fingerprint density at radius 2 is 0.912 bits per heavy atom. The minimum Gasteiger partial charge on any atom is -0.480 e. The lowest BCUT2D eigenvalue weighted by Crippen LogP contribution is -2.50. The third kappa shape index (κ3) is 13.4. The second-order valence-electron chi connectivity index (χ2n) is 13.3. The molecule has 2 amide bonds. The van der Waals surface area contributed by atoms with Gasteiger partial charge < -0.3 is 45.4 Å². The SMILES string of the molecule is COC(=O)C(Cc1c[nH]c2ccccc12)NC(=O)CN(CCN(CCN(CC(=O)O)CC(=O)NC(Cc1c[nH]c2ccccc12)C(=O)OC)CC(=O)O)CC(=O)O. The molecule has 0 fully saturated rings. The minimum atomic E-state index is -1.26. The highest BCUT2D eigenvalue weighted by molar-refractivity contribution is 5.89. The van der Waals surface area contributed by atoms with Crippen molar-refractivity contribution in [3.63, 3.8) is 0 Å². The standard InChI is InChI=1S/C38H47N7O12/c1-56-37(54)30(15-24-17-39-28-9-5-3-7-26(24)28)41-32(46)19-44(22-35(50)51)13-11-43(21-34(48)49)12-14-45(23-36(52)53)20-33(47)42-31(38(55)57-2)16-25-18-40-29-10-6-4-8-27(25)29/h3-10,17-18,30-31,39-40H,11-16,19-23H2,1-2H3,(H,41,46)(H,42,47)(H,48,49)(H,50,51)(H,52,53). The third-order valence-electron chi connectivity index (χ3n) is 9.12. The molecule has 0 aliphatic rings. The average molecular weight is 794 g/mol. The number of carbonyl (C=O) groups excluding carboxylic acids is 4. The number of aromatic amines is 2. The van der Waals surface area contributed by atoms with Gasteiger partial charge in [0.25, 0.3) is 0 Å². The van der Waals surface area contributed by atoms with Crippen molar-refractivity contribution in [2.45, 2.75) is 24.9 Å². The Hall–Kier alpha value is -6.31. The maximum absolute atomic E-state index is 13.2. The number of carboxylic acids is 3. The zero-order valence-electron chi connectivity index (χ0n) is 31.6. The normalized spacial score (nSPS) is 12.4. The molecule has 306 valence electrons. The molecule has 0 aliphatic heterocycles. The first kappa shape index (κ1) is 43.4. The summed E-state index contributed by atoms with van der Waals surface area (Å²) in [6.45, 7) is -2.96. The number of esters is 2. The molecule has 0 spiro atoms. The van der Waals surface area contributed by atoms with Crippen molar-refractivity contribution in [3.8, 4) is 0 Å². The number of rotatable bonds is 24. The van der Waals surface area contributed by atoms with Crippen molar-refractivity contribution in [2.24, 2.45) is 0 Å². The second-order valence-corrected chi connectivity index (χ2v) is 13.3. The molecule has 0 aliphatic carbocycles. The maximum atomic E-state index is 13.2. The topological polar surface area (TPSA) is 264 Å². The Morgan fingerprint density at radius 3 is 1.28 bits per heavy atom. The Bertz CT molecular complexity index is 1910. The molecule has 19 nitrogen and oxygen atoms in total. The van der Waals surface area contributed by atoms with E-state index < -0.39 is 86.5 Å². The van der Waals surface area contributed by atoms with Gasteiger partial charge >= 0.3 is 29.8 Å². The molecule has 0 radical (unpaired) electrons. The largest absolute Gasteiger partial charge is 0.480 e. The lowest BCUT2D eigenvalue weighted by Gasteiger charge is -2.28. The molecular formula is C38H47N7O12. The van der Waals surface area contributed by atoms with Crippen LogP contribution in [-0.4, -0.2) is 167 Å². The van der Waals surface area contributed by atoms with Gasteiger partial charge in [0, 0.05) is 73.2 Å².